The van der Waals surface area contributed by atoms with Gasteiger partial charge in [-0.2, -0.15) is 0 Å². The summed E-state index contributed by atoms with van der Waals surface area (Å²) < 4.78 is 0. The van der Waals surface area contributed by atoms with E-state index >= 15 is 0 Å². The summed E-state index contributed by atoms with van der Waals surface area (Å²) in [5.41, 5.74) is 0. The average Bonchev–Trinajstić information content (AvgIpc) is 1.65. The van der Waals surface area contributed by atoms with Crippen molar-refractivity contribution in [2.24, 2.45) is 5.92 Å². The fourth-order valence-electron chi connectivity index (χ4n) is 0.0833. The normalized spacial score (nSPS) is 13.7. The highest BCUT2D eigenvalue weighted by Gasteiger charge is 1.75. The third-order valence-corrected chi connectivity index (χ3v) is 0.814. The molecule has 0 spiro atoms. The maximum Gasteiger partial charge on any atom is -0.0674 e. The van der Waals surface area contributed by atoms with Crippen molar-refractivity contribution in [1.29, 1.82) is 0 Å². The number of hydrogen-bond acceptors (Lipinski definition) is 1. The summed E-state index contributed by atoms with van der Waals surface area (Å²) in [7, 11) is 0. The van der Waals surface area contributed by atoms with Gasteiger partial charge in [0.05, 0.1) is 0 Å². The molecule has 0 rings (SSSR count). The van der Waals surface area contributed by atoms with Gasteiger partial charge in [0, 0.05) is 0 Å². The van der Waals surface area contributed by atoms with Gasteiger partial charge in [-0.3, -0.25) is 6.29 Å². The Hall–Kier alpha value is -0.330. The zero-order chi connectivity index (χ0) is 4.99. The molecule has 6 heavy (non-hydrogen) atoms. The minimum atomic E-state index is 0.130. The van der Waals surface area contributed by atoms with Gasteiger partial charge >= 0.3 is 0 Å². The lowest BCUT2D eigenvalue weighted by molar-refractivity contribution is 0.525. The van der Waals surface area contributed by atoms with Crippen LogP contribution in [0.4, 0.5) is 0 Å². The minimum absolute atomic E-state index is 0.130. The van der Waals surface area contributed by atoms with E-state index in [4.69, 9.17) is 0 Å². The van der Waals surface area contributed by atoms with Crippen LogP contribution in [0.1, 0.15) is 20.3 Å². The second-order valence-corrected chi connectivity index (χ2v) is 1.43. The fraction of sp³-hybridized carbons (Fsp3) is 0.800. The molecule has 0 aliphatic rings. The van der Waals surface area contributed by atoms with Crippen molar-refractivity contribution in [2.45, 2.75) is 20.3 Å². The molecule has 0 heterocycles. The van der Waals surface area contributed by atoms with Crippen molar-refractivity contribution in [2.75, 3.05) is 0 Å². The zero-order valence-electron chi connectivity index (χ0n) is 4.19. The molecule has 36 valence electrons. The Bertz CT molecular complexity index is 41.2. The summed E-state index contributed by atoms with van der Waals surface area (Å²) in [5, 5.41) is 0. The first-order valence-corrected chi connectivity index (χ1v) is 2.19. The molecular formula is C5H9O-. The van der Waals surface area contributed by atoms with Gasteiger partial charge in [-0.1, -0.05) is 20.3 Å². The lowest BCUT2D eigenvalue weighted by atomic mass is 10.2. The van der Waals surface area contributed by atoms with E-state index in [0.29, 0.717) is 0 Å². The molecule has 0 fully saturated rings. The van der Waals surface area contributed by atoms with E-state index in [1.807, 2.05) is 20.1 Å². The highest BCUT2D eigenvalue weighted by molar-refractivity contribution is 5.53. The summed E-state index contributed by atoms with van der Waals surface area (Å²) in [6.45, 7) is 3.82. The van der Waals surface area contributed by atoms with Gasteiger partial charge in [0.1, 0.15) is 0 Å². The Labute approximate surface area is 38.4 Å². The van der Waals surface area contributed by atoms with E-state index in [2.05, 4.69) is 0 Å². The Morgan fingerprint density at radius 2 is 2.33 bits per heavy atom. The Balaban J connectivity index is 2.96. The molecule has 0 bridgehead atoms. The Morgan fingerprint density at radius 3 is 2.33 bits per heavy atom. The fourth-order valence-corrected chi connectivity index (χ4v) is 0.0833. The summed E-state index contributed by atoms with van der Waals surface area (Å²) in [4.78, 5) is 9.61. The molecule has 0 N–H and O–H groups in total. The number of carbonyl (C=O) groups excluding carboxylic acids is 1. The van der Waals surface area contributed by atoms with E-state index in [-0.39, 0.29) is 5.92 Å². The minimum Gasteiger partial charge on any atom is -0.542 e. The first-order chi connectivity index (χ1) is 2.81. The van der Waals surface area contributed by atoms with Gasteiger partial charge in [0.2, 0.25) is 0 Å². The van der Waals surface area contributed by atoms with Crippen molar-refractivity contribution in [1.82, 2.24) is 0 Å². The third kappa shape index (κ3) is 1.94. The van der Waals surface area contributed by atoms with Crippen molar-refractivity contribution in [3.05, 3.63) is 0 Å². The molecule has 1 atom stereocenters. The molecule has 0 saturated heterocycles. The predicted molar refractivity (Wildman–Crippen MR) is 25.1 cm³/mol. The first kappa shape index (κ1) is 5.67. The van der Waals surface area contributed by atoms with Crippen molar-refractivity contribution in [3.8, 4) is 0 Å². The molecule has 0 saturated carbocycles. The van der Waals surface area contributed by atoms with Crippen LogP contribution in [0.25, 0.3) is 0 Å². The molecule has 0 aliphatic carbocycles. The molecule has 0 aromatic rings. The van der Waals surface area contributed by atoms with E-state index in [9.17, 15) is 4.79 Å². The molecule has 0 aromatic heterocycles. The van der Waals surface area contributed by atoms with Crippen LogP contribution in [0.15, 0.2) is 0 Å². The van der Waals surface area contributed by atoms with Gasteiger partial charge in [0.25, 0.3) is 0 Å². The topological polar surface area (TPSA) is 17.1 Å². The molecule has 0 amide bonds. The first-order valence-electron chi connectivity index (χ1n) is 2.19. The predicted octanol–water partition coefficient (Wildman–Crippen LogP) is 1.14. The van der Waals surface area contributed by atoms with E-state index in [0.717, 1.165) is 6.42 Å². The van der Waals surface area contributed by atoms with Crippen LogP contribution in [0, 0.1) is 5.92 Å². The van der Waals surface area contributed by atoms with Crippen LogP contribution >= 0.6 is 0 Å². The lowest BCUT2D eigenvalue weighted by Gasteiger charge is -2.04. The van der Waals surface area contributed by atoms with Gasteiger partial charge in [-0.05, 0) is 0 Å². The SMILES string of the molecule is CCC(C)[C-]=O. The average molecular weight is 85.1 g/mol. The van der Waals surface area contributed by atoms with Crippen molar-refractivity contribution >= 4 is 6.29 Å². The van der Waals surface area contributed by atoms with Crippen molar-refractivity contribution in [3.63, 3.8) is 0 Å². The monoisotopic (exact) mass is 85.1 g/mol. The molecule has 1 unspecified atom stereocenters. The maximum atomic E-state index is 9.61. The Kier molecular flexibility index (Phi) is 2.73. The standard InChI is InChI=1S/C5H9O/c1-3-5(2)4-6/h5H,3H2,1-2H3/q-1. The number of hydrogen-bond donors (Lipinski definition) is 0. The lowest BCUT2D eigenvalue weighted by Crippen LogP contribution is -1.89. The van der Waals surface area contributed by atoms with Crippen LogP contribution in [-0.2, 0) is 4.79 Å². The van der Waals surface area contributed by atoms with E-state index in [1.165, 1.54) is 0 Å². The highest BCUT2D eigenvalue weighted by Crippen LogP contribution is 1.91. The summed E-state index contributed by atoms with van der Waals surface area (Å²) in [6.07, 6.45) is 2.77. The Morgan fingerprint density at radius 1 is 1.83 bits per heavy atom. The van der Waals surface area contributed by atoms with Crippen LogP contribution in [0.2, 0.25) is 0 Å². The van der Waals surface area contributed by atoms with Gasteiger partial charge in [-0.15, -0.1) is 5.92 Å². The second kappa shape index (κ2) is 2.88. The largest absolute Gasteiger partial charge is 0.542 e. The third-order valence-electron chi connectivity index (χ3n) is 0.814. The summed E-state index contributed by atoms with van der Waals surface area (Å²) in [5.74, 6) is 0.130. The molecule has 0 aliphatic heterocycles. The molecule has 0 radical (unpaired) electrons. The zero-order valence-corrected chi connectivity index (χ0v) is 4.19. The smallest absolute Gasteiger partial charge is 0.0674 e. The summed E-state index contributed by atoms with van der Waals surface area (Å²) in [6, 6.07) is 0. The van der Waals surface area contributed by atoms with E-state index in [1.54, 1.807) is 0 Å². The molecule has 1 nitrogen and oxygen atoms in total. The van der Waals surface area contributed by atoms with Gasteiger partial charge in [-0.25, -0.2) is 0 Å². The van der Waals surface area contributed by atoms with Crippen molar-refractivity contribution < 1.29 is 4.79 Å². The summed E-state index contributed by atoms with van der Waals surface area (Å²) >= 11 is 0. The van der Waals surface area contributed by atoms with Crippen LogP contribution < -0.4 is 0 Å². The van der Waals surface area contributed by atoms with Crippen LogP contribution in [0.5, 0.6) is 0 Å². The molecule has 0 aromatic carbocycles. The van der Waals surface area contributed by atoms with Crippen LogP contribution in [-0.4, -0.2) is 6.29 Å². The quantitative estimate of drug-likeness (QED) is 0.459. The number of rotatable bonds is 2. The molecule has 1 heteroatoms. The maximum absolute atomic E-state index is 9.61. The van der Waals surface area contributed by atoms with E-state index < -0.39 is 0 Å². The second-order valence-electron chi connectivity index (χ2n) is 1.43. The van der Waals surface area contributed by atoms with Gasteiger partial charge < -0.3 is 4.79 Å². The highest BCUT2D eigenvalue weighted by atomic mass is 16.1. The molecular weight excluding hydrogens is 76.1 g/mol. The van der Waals surface area contributed by atoms with Crippen LogP contribution in [0.3, 0.4) is 0 Å². The van der Waals surface area contributed by atoms with Gasteiger partial charge in [0.15, 0.2) is 0 Å².